The highest BCUT2D eigenvalue weighted by atomic mass is 16.5. The molecule has 1 saturated heterocycles. The minimum absolute atomic E-state index is 0.639. The summed E-state index contributed by atoms with van der Waals surface area (Å²) in [7, 11) is 3.92. The molecule has 1 fully saturated rings. The molecule has 0 spiro atoms. The van der Waals surface area contributed by atoms with E-state index in [4.69, 9.17) is 9.72 Å². The second kappa shape index (κ2) is 5.21. The van der Waals surface area contributed by atoms with Crippen LogP contribution in [0.15, 0.2) is 24.5 Å². The number of hydrogen-bond donors (Lipinski definition) is 0. The van der Waals surface area contributed by atoms with Crippen LogP contribution in [0.3, 0.4) is 0 Å². The van der Waals surface area contributed by atoms with Gasteiger partial charge in [-0.25, -0.2) is 4.98 Å². The van der Waals surface area contributed by atoms with E-state index in [0.717, 1.165) is 17.8 Å². The standard InChI is InChI=1S/C15H21N3O/c1-17-8-4-3-5-13(17)9-12-10-18-11-14(19-2)6-7-15(18)16-12/h6-7,10-11,13H,3-5,8-9H2,1-2H3. The predicted octanol–water partition coefficient (Wildman–Crippen LogP) is 2.37. The van der Waals surface area contributed by atoms with Gasteiger partial charge in [0.15, 0.2) is 0 Å². The van der Waals surface area contributed by atoms with Crippen molar-refractivity contribution in [2.45, 2.75) is 31.7 Å². The molecule has 102 valence electrons. The lowest BCUT2D eigenvalue weighted by atomic mass is 9.99. The zero-order valence-corrected chi connectivity index (χ0v) is 11.7. The first-order valence-corrected chi connectivity index (χ1v) is 6.98. The number of piperidine rings is 1. The lowest BCUT2D eigenvalue weighted by Gasteiger charge is -2.31. The number of rotatable bonds is 3. The number of ether oxygens (including phenoxy) is 1. The summed E-state index contributed by atoms with van der Waals surface area (Å²) in [5.41, 5.74) is 2.17. The van der Waals surface area contributed by atoms with Crippen LogP contribution in [0.1, 0.15) is 25.0 Å². The molecule has 2 aromatic heterocycles. The summed E-state index contributed by atoms with van der Waals surface area (Å²) in [5.74, 6) is 0.867. The first-order chi connectivity index (χ1) is 9.26. The highest BCUT2D eigenvalue weighted by Crippen LogP contribution is 2.20. The Bertz CT molecular complexity index is 564. The molecular formula is C15H21N3O. The Labute approximate surface area is 114 Å². The number of imidazole rings is 1. The summed E-state index contributed by atoms with van der Waals surface area (Å²) in [5, 5.41) is 0. The zero-order valence-electron chi connectivity index (χ0n) is 11.7. The highest BCUT2D eigenvalue weighted by Gasteiger charge is 2.20. The Kier molecular flexibility index (Phi) is 3.42. The van der Waals surface area contributed by atoms with Crippen molar-refractivity contribution in [3.8, 4) is 5.75 Å². The van der Waals surface area contributed by atoms with E-state index in [1.807, 2.05) is 18.3 Å². The van der Waals surface area contributed by atoms with E-state index in [-0.39, 0.29) is 0 Å². The minimum atomic E-state index is 0.639. The number of fused-ring (bicyclic) bond motifs is 1. The Morgan fingerprint density at radius 2 is 2.21 bits per heavy atom. The second-order valence-corrected chi connectivity index (χ2v) is 5.40. The number of methoxy groups -OCH3 is 1. The van der Waals surface area contributed by atoms with Crippen LogP contribution in [0.4, 0.5) is 0 Å². The monoisotopic (exact) mass is 259 g/mol. The largest absolute Gasteiger partial charge is 0.495 e. The fraction of sp³-hybridized carbons (Fsp3) is 0.533. The summed E-state index contributed by atoms with van der Waals surface area (Å²) in [6.07, 6.45) is 9.11. The van der Waals surface area contributed by atoms with Gasteiger partial charge in [-0.05, 0) is 38.6 Å². The summed E-state index contributed by atoms with van der Waals surface area (Å²) in [6, 6.07) is 4.60. The number of hydrogen-bond acceptors (Lipinski definition) is 3. The highest BCUT2D eigenvalue weighted by molar-refractivity contribution is 5.43. The fourth-order valence-electron chi connectivity index (χ4n) is 2.89. The molecule has 1 aliphatic heterocycles. The molecule has 0 N–H and O–H groups in total. The van der Waals surface area contributed by atoms with E-state index in [1.165, 1.54) is 31.5 Å². The van der Waals surface area contributed by atoms with Gasteiger partial charge in [0, 0.05) is 18.7 Å². The van der Waals surface area contributed by atoms with Gasteiger partial charge >= 0.3 is 0 Å². The molecule has 1 unspecified atom stereocenters. The average Bonchev–Trinajstić information content (AvgIpc) is 2.82. The van der Waals surface area contributed by atoms with Crippen molar-refractivity contribution in [3.63, 3.8) is 0 Å². The van der Waals surface area contributed by atoms with Gasteiger partial charge in [-0.2, -0.15) is 0 Å². The van der Waals surface area contributed by atoms with Crippen molar-refractivity contribution in [2.24, 2.45) is 0 Å². The molecule has 19 heavy (non-hydrogen) atoms. The van der Waals surface area contributed by atoms with Crippen LogP contribution < -0.4 is 4.74 Å². The van der Waals surface area contributed by atoms with Gasteiger partial charge in [0.05, 0.1) is 19.0 Å². The molecule has 0 bridgehead atoms. The molecule has 1 aliphatic rings. The smallest absolute Gasteiger partial charge is 0.137 e. The molecule has 4 nitrogen and oxygen atoms in total. The number of nitrogens with zero attached hydrogens (tertiary/aromatic N) is 3. The van der Waals surface area contributed by atoms with E-state index in [9.17, 15) is 0 Å². The van der Waals surface area contributed by atoms with Gasteiger partial charge < -0.3 is 14.0 Å². The van der Waals surface area contributed by atoms with Crippen LogP contribution in [0, 0.1) is 0 Å². The molecule has 0 radical (unpaired) electrons. The van der Waals surface area contributed by atoms with Gasteiger partial charge in [0.25, 0.3) is 0 Å². The van der Waals surface area contributed by atoms with Crippen molar-refractivity contribution in [1.82, 2.24) is 14.3 Å². The van der Waals surface area contributed by atoms with E-state index >= 15 is 0 Å². The maximum atomic E-state index is 5.24. The first kappa shape index (κ1) is 12.5. The van der Waals surface area contributed by atoms with Gasteiger partial charge in [-0.1, -0.05) is 6.42 Å². The number of aromatic nitrogens is 2. The van der Waals surface area contributed by atoms with Crippen LogP contribution in [-0.4, -0.2) is 41.0 Å². The first-order valence-electron chi connectivity index (χ1n) is 6.98. The lowest BCUT2D eigenvalue weighted by molar-refractivity contribution is 0.184. The third kappa shape index (κ3) is 2.59. The van der Waals surface area contributed by atoms with Crippen molar-refractivity contribution in [3.05, 3.63) is 30.2 Å². The van der Waals surface area contributed by atoms with Gasteiger partial charge in [0.1, 0.15) is 11.4 Å². The normalized spacial score (nSPS) is 20.8. The Balaban J connectivity index is 1.81. The summed E-state index contributed by atoms with van der Waals surface area (Å²) in [6.45, 7) is 1.21. The summed E-state index contributed by atoms with van der Waals surface area (Å²) >= 11 is 0. The maximum absolute atomic E-state index is 5.24. The topological polar surface area (TPSA) is 29.8 Å². The Morgan fingerprint density at radius 1 is 1.32 bits per heavy atom. The second-order valence-electron chi connectivity index (χ2n) is 5.40. The van der Waals surface area contributed by atoms with Crippen LogP contribution in [0.2, 0.25) is 0 Å². The van der Waals surface area contributed by atoms with Crippen molar-refractivity contribution >= 4 is 5.65 Å². The molecule has 0 amide bonds. The number of likely N-dealkylation sites (tertiary alicyclic amines) is 1. The Morgan fingerprint density at radius 3 is 3.00 bits per heavy atom. The lowest BCUT2D eigenvalue weighted by Crippen LogP contribution is -2.37. The minimum Gasteiger partial charge on any atom is -0.495 e. The predicted molar refractivity (Wildman–Crippen MR) is 75.7 cm³/mol. The molecule has 0 aliphatic carbocycles. The van der Waals surface area contributed by atoms with E-state index in [2.05, 4.69) is 22.5 Å². The third-order valence-electron chi connectivity index (χ3n) is 4.08. The third-order valence-corrected chi connectivity index (χ3v) is 4.08. The van der Waals surface area contributed by atoms with Crippen LogP contribution in [-0.2, 0) is 6.42 Å². The van der Waals surface area contributed by atoms with Crippen molar-refractivity contribution < 1.29 is 4.74 Å². The molecular weight excluding hydrogens is 238 g/mol. The van der Waals surface area contributed by atoms with Crippen molar-refractivity contribution in [1.29, 1.82) is 0 Å². The SMILES string of the molecule is COc1ccc2nc(CC3CCCCN3C)cn2c1. The van der Waals surface area contributed by atoms with Gasteiger partial charge in [0.2, 0.25) is 0 Å². The van der Waals surface area contributed by atoms with E-state index < -0.39 is 0 Å². The summed E-state index contributed by atoms with van der Waals surface area (Å²) < 4.78 is 7.29. The molecule has 3 heterocycles. The van der Waals surface area contributed by atoms with Crippen molar-refractivity contribution in [2.75, 3.05) is 20.7 Å². The molecule has 4 heteroatoms. The van der Waals surface area contributed by atoms with E-state index in [0.29, 0.717) is 6.04 Å². The van der Waals surface area contributed by atoms with E-state index in [1.54, 1.807) is 7.11 Å². The number of likely N-dealkylation sites (N-methyl/N-ethyl adjacent to an activating group) is 1. The molecule has 1 atom stereocenters. The zero-order chi connectivity index (χ0) is 13.2. The maximum Gasteiger partial charge on any atom is 0.137 e. The summed E-state index contributed by atoms with van der Waals surface area (Å²) in [4.78, 5) is 7.16. The quantitative estimate of drug-likeness (QED) is 0.847. The number of pyridine rings is 1. The molecule has 3 rings (SSSR count). The molecule has 0 saturated carbocycles. The molecule has 0 aromatic carbocycles. The van der Waals surface area contributed by atoms with Crippen LogP contribution >= 0.6 is 0 Å². The van der Waals surface area contributed by atoms with Gasteiger partial charge in [-0.15, -0.1) is 0 Å². The molecule has 2 aromatic rings. The van der Waals surface area contributed by atoms with Crippen LogP contribution in [0.5, 0.6) is 5.75 Å². The average molecular weight is 259 g/mol. The fourth-order valence-corrected chi connectivity index (χ4v) is 2.89. The Hall–Kier alpha value is -1.55. The van der Waals surface area contributed by atoms with Gasteiger partial charge in [-0.3, -0.25) is 0 Å². The van der Waals surface area contributed by atoms with Crippen LogP contribution in [0.25, 0.3) is 5.65 Å².